The second-order valence-electron chi connectivity index (χ2n) is 7.10. The van der Waals surface area contributed by atoms with Crippen molar-refractivity contribution in [1.82, 2.24) is 0 Å². The third-order valence-electron chi connectivity index (χ3n) is 6.07. The molecule has 3 aliphatic rings. The van der Waals surface area contributed by atoms with E-state index in [-0.39, 0.29) is 0 Å². The van der Waals surface area contributed by atoms with Crippen molar-refractivity contribution in [1.29, 1.82) is 0 Å². The molecule has 0 spiro atoms. The van der Waals surface area contributed by atoms with Crippen molar-refractivity contribution in [2.75, 3.05) is 0 Å². The molecule has 0 aromatic carbocycles. The fourth-order valence-corrected chi connectivity index (χ4v) is 5.28. The molecule has 0 saturated heterocycles. The SMILES string of the molecule is C=C1[C@@H]2CC[C@H]3C2C(C)(C)CCCC13C. The molecule has 0 amide bonds. The topological polar surface area (TPSA) is 0 Å². The zero-order valence-corrected chi connectivity index (χ0v) is 10.5. The van der Waals surface area contributed by atoms with Gasteiger partial charge in [0.1, 0.15) is 0 Å². The summed E-state index contributed by atoms with van der Waals surface area (Å²) in [6.07, 6.45) is 7.18. The van der Waals surface area contributed by atoms with Gasteiger partial charge in [0, 0.05) is 0 Å². The molecule has 0 heterocycles. The summed E-state index contributed by atoms with van der Waals surface area (Å²) in [4.78, 5) is 0. The van der Waals surface area contributed by atoms with Crippen LogP contribution in [0.1, 0.15) is 52.9 Å². The van der Waals surface area contributed by atoms with Crippen LogP contribution in [-0.2, 0) is 0 Å². The second-order valence-corrected chi connectivity index (χ2v) is 7.10. The van der Waals surface area contributed by atoms with Crippen molar-refractivity contribution < 1.29 is 0 Å². The predicted molar refractivity (Wildman–Crippen MR) is 64.6 cm³/mol. The van der Waals surface area contributed by atoms with Gasteiger partial charge in [0.15, 0.2) is 0 Å². The van der Waals surface area contributed by atoms with Gasteiger partial charge in [-0.3, -0.25) is 0 Å². The van der Waals surface area contributed by atoms with Crippen LogP contribution in [0.2, 0.25) is 0 Å². The molecule has 0 nitrogen and oxygen atoms in total. The number of allylic oxidation sites excluding steroid dienone is 1. The van der Waals surface area contributed by atoms with Crippen molar-refractivity contribution in [2.45, 2.75) is 52.9 Å². The van der Waals surface area contributed by atoms with Gasteiger partial charge in [-0.05, 0) is 54.3 Å². The highest BCUT2D eigenvalue weighted by Crippen LogP contribution is 2.70. The zero-order valence-electron chi connectivity index (χ0n) is 10.5. The van der Waals surface area contributed by atoms with Gasteiger partial charge in [-0.25, -0.2) is 0 Å². The highest BCUT2D eigenvalue weighted by atomic mass is 14.7. The molecule has 0 aromatic rings. The van der Waals surface area contributed by atoms with E-state index in [0.717, 1.165) is 17.8 Å². The lowest BCUT2D eigenvalue weighted by Crippen LogP contribution is -2.28. The van der Waals surface area contributed by atoms with E-state index in [1.54, 1.807) is 5.57 Å². The van der Waals surface area contributed by atoms with E-state index < -0.39 is 0 Å². The Labute approximate surface area is 94.1 Å². The van der Waals surface area contributed by atoms with E-state index in [9.17, 15) is 0 Å². The standard InChI is InChI=1S/C15H24/c1-10-11-6-7-12-13(11)14(2,3)8-5-9-15(10,12)4/h11-13H,1,5-9H2,2-4H3/t11-,12-,13?,15?/m0/s1. The number of hydrogen-bond donors (Lipinski definition) is 0. The van der Waals surface area contributed by atoms with E-state index in [1.165, 1.54) is 32.1 Å². The van der Waals surface area contributed by atoms with Gasteiger partial charge in [0.25, 0.3) is 0 Å². The van der Waals surface area contributed by atoms with Crippen molar-refractivity contribution in [3.8, 4) is 0 Å². The largest absolute Gasteiger partial charge is 0.0990 e. The Morgan fingerprint density at radius 3 is 2.60 bits per heavy atom. The van der Waals surface area contributed by atoms with Crippen LogP contribution in [0.5, 0.6) is 0 Å². The maximum absolute atomic E-state index is 4.46. The van der Waals surface area contributed by atoms with Gasteiger partial charge >= 0.3 is 0 Å². The molecular formula is C15H24. The highest BCUT2D eigenvalue weighted by molar-refractivity contribution is 5.29. The fraction of sp³-hybridized carbons (Fsp3) is 0.867. The molecule has 4 atom stereocenters. The zero-order chi connectivity index (χ0) is 10.8. The van der Waals surface area contributed by atoms with Crippen molar-refractivity contribution >= 4 is 0 Å². The first-order chi connectivity index (χ1) is 6.97. The van der Waals surface area contributed by atoms with Crippen LogP contribution in [0, 0.1) is 28.6 Å². The number of hydrogen-bond acceptors (Lipinski definition) is 0. The Morgan fingerprint density at radius 1 is 1.13 bits per heavy atom. The molecule has 3 rings (SSSR count). The molecule has 0 aromatic heterocycles. The second kappa shape index (κ2) is 2.70. The Bertz CT molecular complexity index is 312. The lowest BCUT2D eigenvalue weighted by molar-refractivity contribution is 0.141. The molecule has 84 valence electrons. The van der Waals surface area contributed by atoms with Crippen LogP contribution in [0.25, 0.3) is 0 Å². The minimum atomic E-state index is 0.515. The Morgan fingerprint density at radius 2 is 1.87 bits per heavy atom. The Balaban J connectivity index is 2.10. The van der Waals surface area contributed by atoms with E-state index in [4.69, 9.17) is 0 Å². The third kappa shape index (κ3) is 1.04. The lowest BCUT2D eigenvalue weighted by atomic mass is 9.69. The quantitative estimate of drug-likeness (QED) is 0.513. The normalized spacial score (nSPS) is 51.9. The molecule has 3 saturated carbocycles. The Kier molecular flexibility index (Phi) is 1.79. The van der Waals surface area contributed by atoms with E-state index in [2.05, 4.69) is 27.4 Å². The summed E-state index contributed by atoms with van der Waals surface area (Å²) < 4.78 is 0. The predicted octanol–water partition coefficient (Wildman–Crippen LogP) is 4.42. The molecule has 0 aliphatic heterocycles. The van der Waals surface area contributed by atoms with Gasteiger partial charge in [0.2, 0.25) is 0 Å². The highest BCUT2D eigenvalue weighted by Gasteiger charge is 2.61. The van der Waals surface area contributed by atoms with Crippen LogP contribution in [0.3, 0.4) is 0 Å². The summed E-state index contributed by atoms with van der Waals surface area (Å²) in [5.41, 5.74) is 2.71. The van der Waals surface area contributed by atoms with Gasteiger partial charge in [-0.15, -0.1) is 0 Å². The van der Waals surface area contributed by atoms with Gasteiger partial charge in [-0.2, -0.15) is 0 Å². The molecule has 0 N–H and O–H groups in total. The Hall–Kier alpha value is -0.260. The molecule has 0 heteroatoms. The lowest BCUT2D eigenvalue weighted by Gasteiger charge is -2.35. The summed E-state index contributed by atoms with van der Waals surface area (Å²) in [6, 6.07) is 0. The fourth-order valence-electron chi connectivity index (χ4n) is 5.28. The van der Waals surface area contributed by atoms with Crippen LogP contribution in [0.4, 0.5) is 0 Å². The molecule has 3 aliphatic carbocycles. The summed E-state index contributed by atoms with van der Waals surface area (Å²) in [5.74, 6) is 2.79. The molecule has 4 bridgehead atoms. The van der Waals surface area contributed by atoms with E-state index in [0.29, 0.717) is 10.8 Å². The molecule has 3 fully saturated rings. The number of rotatable bonds is 0. The first-order valence-electron chi connectivity index (χ1n) is 6.66. The summed E-state index contributed by atoms with van der Waals surface area (Å²) >= 11 is 0. The molecule has 15 heavy (non-hydrogen) atoms. The van der Waals surface area contributed by atoms with Crippen LogP contribution in [0.15, 0.2) is 12.2 Å². The summed E-state index contributed by atoms with van der Waals surface area (Å²) in [7, 11) is 0. The van der Waals surface area contributed by atoms with Crippen molar-refractivity contribution in [3.05, 3.63) is 12.2 Å². The average molecular weight is 204 g/mol. The third-order valence-corrected chi connectivity index (χ3v) is 6.07. The smallest absolute Gasteiger partial charge is 0.00849 e. The molecular weight excluding hydrogens is 180 g/mol. The van der Waals surface area contributed by atoms with Crippen LogP contribution >= 0.6 is 0 Å². The van der Waals surface area contributed by atoms with Crippen LogP contribution in [-0.4, -0.2) is 0 Å². The van der Waals surface area contributed by atoms with Gasteiger partial charge < -0.3 is 0 Å². The average Bonchev–Trinajstić information content (AvgIpc) is 2.63. The van der Waals surface area contributed by atoms with Crippen molar-refractivity contribution in [3.63, 3.8) is 0 Å². The first kappa shape index (κ1) is 9.93. The summed E-state index contributed by atoms with van der Waals surface area (Å²) in [6.45, 7) is 12.0. The van der Waals surface area contributed by atoms with Crippen molar-refractivity contribution in [2.24, 2.45) is 28.6 Å². The maximum atomic E-state index is 4.46. The van der Waals surface area contributed by atoms with Gasteiger partial charge in [0.05, 0.1) is 0 Å². The van der Waals surface area contributed by atoms with E-state index in [1.807, 2.05) is 0 Å². The summed E-state index contributed by atoms with van der Waals surface area (Å²) in [5, 5.41) is 0. The monoisotopic (exact) mass is 204 g/mol. The van der Waals surface area contributed by atoms with E-state index >= 15 is 0 Å². The molecule has 2 unspecified atom stereocenters. The van der Waals surface area contributed by atoms with Crippen LogP contribution < -0.4 is 0 Å². The minimum Gasteiger partial charge on any atom is -0.0990 e. The maximum Gasteiger partial charge on any atom is -0.00849 e. The first-order valence-corrected chi connectivity index (χ1v) is 6.66. The minimum absolute atomic E-state index is 0.515. The van der Waals surface area contributed by atoms with Gasteiger partial charge in [-0.1, -0.05) is 39.3 Å². The molecule has 0 radical (unpaired) electrons.